The van der Waals surface area contributed by atoms with Gasteiger partial charge in [0.15, 0.2) is 0 Å². The van der Waals surface area contributed by atoms with E-state index in [4.69, 9.17) is 14.4 Å². The lowest BCUT2D eigenvalue weighted by atomic mass is 9.90. The Bertz CT molecular complexity index is 1600. The van der Waals surface area contributed by atoms with E-state index in [1.807, 2.05) is 24.3 Å². The highest BCUT2D eigenvalue weighted by Crippen LogP contribution is 2.34. The van der Waals surface area contributed by atoms with E-state index in [1.165, 1.54) is 11.1 Å². The number of anilines is 1. The van der Waals surface area contributed by atoms with Crippen molar-refractivity contribution in [1.82, 2.24) is 14.3 Å². The molecular weight excluding hydrogens is 484 g/mol. The number of benzene rings is 2. The second-order valence-electron chi connectivity index (χ2n) is 9.41. The third kappa shape index (κ3) is 5.19. The zero-order chi connectivity index (χ0) is 26.8. The standard InChI is InChI=1S/C29H30N4O5/c1-18-13-24(37-12-11-34)14-19(2)27(18)25-6-4-5-22(20(25)3)16-31-26-10-7-21(15-30-26)17-32-28(35)33(23-8-9-23)29(36)38-32/h4-8,10,13-15,34H,9,11-12,16-17H2,1-3H3,(H,30,31). The predicted molar refractivity (Wildman–Crippen MR) is 145 cm³/mol. The third-order valence-electron chi connectivity index (χ3n) is 6.64. The molecule has 0 aliphatic heterocycles. The first-order valence-corrected chi connectivity index (χ1v) is 12.5. The zero-order valence-electron chi connectivity index (χ0n) is 21.7. The molecule has 2 heterocycles. The highest BCUT2D eigenvalue weighted by atomic mass is 16.5. The van der Waals surface area contributed by atoms with Crippen LogP contribution in [0.4, 0.5) is 5.82 Å². The Morgan fingerprint density at radius 1 is 1.11 bits per heavy atom. The molecule has 0 amide bonds. The summed E-state index contributed by atoms with van der Waals surface area (Å²) in [6, 6.07) is 14.0. The lowest BCUT2D eigenvalue weighted by Crippen LogP contribution is -2.26. The van der Waals surface area contributed by atoms with Crippen molar-refractivity contribution in [2.45, 2.75) is 40.3 Å². The maximum atomic E-state index is 12.4. The normalized spacial score (nSPS) is 12.4. The van der Waals surface area contributed by atoms with Gasteiger partial charge in [0.05, 0.1) is 13.2 Å². The van der Waals surface area contributed by atoms with Crippen LogP contribution in [0.25, 0.3) is 16.8 Å². The molecule has 0 bridgehead atoms. The van der Waals surface area contributed by atoms with E-state index in [9.17, 15) is 9.59 Å². The van der Waals surface area contributed by atoms with E-state index in [-0.39, 0.29) is 19.8 Å². The average molecular weight is 515 g/mol. The monoisotopic (exact) mass is 514 g/mol. The van der Waals surface area contributed by atoms with E-state index >= 15 is 0 Å². The molecule has 9 nitrogen and oxygen atoms in total. The van der Waals surface area contributed by atoms with E-state index in [0.29, 0.717) is 24.5 Å². The molecule has 0 saturated heterocycles. The van der Waals surface area contributed by atoms with Crippen LogP contribution in [0, 0.1) is 20.8 Å². The van der Waals surface area contributed by atoms with Crippen LogP contribution in [-0.2, 0) is 13.1 Å². The molecule has 1 aliphatic carbocycles. The number of nitrogens with one attached hydrogen (secondary N) is 1. The number of nitrogens with zero attached hydrogens (tertiary/aromatic N) is 3. The van der Waals surface area contributed by atoms with Crippen molar-refractivity contribution in [1.29, 1.82) is 0 Å². The Morgan fingerprint density at radius 3 is 2.53 bits per heavy atom. The van der Waals surface area contributed by atoms with Crippen molar-refractivity contribution in [3.8, 4) is 16.9 Å². The molecule has 196 valence electrons. The minimum atomic E-state index is -0.668. The highest BCUT2D eigenvalue weighted by molar-refractivity contribution is 5.75. The molecule has 0 spiro atoms. The summed E-state index contributed by atoms with van der Waals surface area (Å²) in [4.78, 5) is 28.8. The quantitative estimate of drug-likeness (QED) is 0.331. The molecule has 9 heteroatoms. The van der Waals surface area contributed by atoms with E-state index in [1.54, 1.807) is 12.3 Å². The van der Waals surface area contributed by atoms with E-state index < -0.39 is 11.4 Å². The van der Waals surface area contributed by atoms with Crippen molar-refractivity contribution in [3.05, 3.63) is 104 Å². The van der Waals surface area contributed by atoms with Gasteiger partial charge in [0.25, 0.3) is 0 Å². The molecule has 0 unspecified atom stereocenters. The minimum absolute atomic E-state index is 0.0174. The number of allylic oxidation sites excluding steroid dienone is 2. The van der Waals surface area contributed by atoms with Crippen LogP contribution >= 0.6 is 0 Å². The summed E-state index contributed by atoms with van der Waals surface area (Å²) >= 11 is 0. The molecular formula is C29H30N4O5. The first-order chi connectivity index (χ1) is 18.4. The number of hydrogen-bond donors (Lipinski definition) is 2. The van der Waals surface area contributed by atoms with Crippen LogP contribution < -0.4 is 21.5 Å². The SMILES string of the molecule is Cc1cc(OCCO)cc(C)c1-c1cccc(CNc2ccc(Cn3oc(=O)n(C4=CC4)c3=O)cn2)c1C. The molecule has 0 saturated carbocycles. The van der Waals surface area contributed by atoms with Crippen LogP contribution in [0.5, 0.6) is 5.75 Å². The molecule has 2 aromatic carbocycles. The smallest absolute Gasteiger partial charge is 0.447 e. The summed E-state index contributed by atoms with van der Waals surface area (Å²) in [5, 5.41) is 12.4. The second-order valence-corrected chi connectivity index (χ2v) is 9.41. The average Bonchev–Trinajstić information content (AvgIpc) is 3.68. The van der Waals surface area contributed by atoms with Gasteiger partial charge in [0.1, 0.15) is 18.2 Å². The molecule has 0 atom stereocenters. The Balaban J connectivity index is 1.28. The van der Waals surface area contributed by atoms with Gasteiger partial charge in [-0.05, 0) is 77.9 Å². The number of pyridine rings is 1. The van der Waals surface area contributed by atoms with Gasteiger partial charge >= 0.3 is 11.4 Å². The summed E-state index contributed by atoms with van der Waals surface area (Å²) in [7, 11) is 0. The van der Waals surface area contributed by atoms with E-state index in [2.05, 4.69) is 49.3 Å². The fourth-order valence-corrected chi connectivity index (χ4v) is 4.65. The maximum absolute atomic E-state index is 12.4. The summed E-state index contributed by atoms with van der Waals surface area (Å²) in [6.07, 6.45) is 4.10. The predicted octanol–water partition coefficient (Wildman–Crippen LogP) is 3.87. The number of rotatable bonds is 10. The molecule has 0 fully saturated rings. The van der Waals surface area contributed by atoms with Crippen LogP contribution in [0.1, 0.15) is 34.2 Å². The van der Waals surface area contributed by atoms with Crippen molar-refractivity contribution in [3.63, 3.8) is 0 Å². The molecule has 38 heavy (non-hydrogen) atoms. The number of aliphatic hydroxyl groups is 1. The van der Waals surface area contributed by atoms with Crippen molar-refractivity contribution in [2.75, 3.05) is 18.5 Å². The highest BCUT2D eigenvalue weighted by Gasteiger charge is 2.20. The van der Waals surface area contributed by atoms with Crippen molar-refractivity contribution < 1.29 is 14.4 Å². The fraction of sp³-hybridized carbons (Fsp3) is 0.276. The number of hydrogen-bond acceptors (Lipinski definition) is 7. The minimum Gasteiger partial charge on any atom is -0.491 e. The Hall–Kier alpha value is -4.37. The van der Waals surface area contributed by atoms with Crippen molar-refractivity contribution in [2.24, 2.45) is 0 Å². The largest absolute Gasteiger partial charge is 0.491 e. The van der Waals surface area contributed by atoms with Gasteiger partial charge in [-0.3, -0.25) is 0 Å². The van der Waals surface area contributed by atoms with Gasteiger partial charge in [-0.1, -0.05) is 30.3 Å². The Labute approximate surface area is 219 Å². The number of aromatic nitrogens is 3. The van der Waals surface area contributed by atoms with Crippen LogP contribution in [0.3, 0.4) is 0 Å². The summed E-state index contributed by atoms with van der Waals surface area (Å²) < 4.78 is 12.8. The van der Waals surface area contributed by atoms with Gasteiger partial charge in [0, 0.05) is 24.9 Å². The maximum Gasteiger partial charge on any atom is 0.447 e. The lowest BCUT2D eigenvalue weighted by Gasteiger charge is -2.18. The van der Waals surface area contributed by atoms with Crippen LogP contribution in [0.2, 0.25) is 0 Å². The second kappa shape index (κ2) is 10.5. The lowest BCUT2D eigenvalue weighted by molar-refractivity contribution is 0.201. The van der Waals surface area contributed by atoms with Gasteiger partial charge < -0.3 is 19.7 Å². The summed E-state index contributed by atoms with van der Waals surface area (Å²) in [6.45, 7) is 7.24. The Morgan fingerprint density at radius 2 is 1.87 bits per heavy atom. The fourth-order valence-electron chi connectivity index (χ4n) is 4.65. The van der Waals surface area contributed by atoms with E-state index in [0.717, 1.165) is 42.9 Å². The molecule has 5 rings (SSSR count). The van der Waals surface area contributed by atoms with Gasteiger partial charge in [-0.2, -0.15) is 4.57 Å². The molecule has 1 aliphatic rings. The molecule has 2 N–H and O–H groups in total. The van der Waals surface area contributed by atoms with Gasteiger partial charge in [0.2, 0.25) is 0 Å². The number of aliphatic hydroxyl groups excluding tert-OH is 1. The Kier molecular flexibility index (Phi) is 7.02. The van der Waals surface area contributed by atoms with Crippen LogP contribution in [-0.4, -0.2) is 32.6 Å². The summed E-state index contributed by atoms with van der Waals surface area (Å²) in [5.74, 6) is 0.789. The zero-order valence-corrected chi connectivity index (χ0v) is 21.7. The van der Waals surface area contributed by atoms with Gasteiger partial charge in [-0.15, -0.1) is 4.74 Å². The first-order valence-electron chi connectivity index (χ1n) is 12.5. The summed E-state index contributed by atoms with van der Waals surface area (Å²) in [5.41, 5.74) is 7.84. The first kappa shape index (κ1) is 25.3. The topological polar surface area (TPSA) is 112 Å². The third-order valence-corrected chi connectivity index (χ3v) is 6.64. The molecule has 4 aromatic rings. The number of aryl methyl sites for hydroxylation is 2. The van der Waals surface area contributed by atoms with Gasteiger partial charge in [-0.25, -0.2) is 14.6 Å². The molecule has 2 aromatic heterocycles. The van der Waals surface area contributed by atoms with Crippen molar-refractivity contribution >= 4 is 11.5 Å². The molecule has 0 radical (unpaired) electrons. The van der Waals surface area contributed by atoms with Crippen LogP contribution in [0.15, 0.2) is 68.8 Å². The number of ether oxygens (including phenoxy) is 1.